The van der Waals surface area contributed by atoms with Crippen LogP contribution in [0.2, 0.25) is 10.0 Å². The van der Waals surface area contributed by atoms with E-state index in [-0.39, 0.29) is 18.1 Å². The number of hydrogen-bond donors (Lipinski definition) is 0. The first-order valence-electron chi connectivity index (χ1n) is 10.3. The molecule has 160 valence electrons. The molecule has 0 radical (unpaired) electrons. The largest absolute Gasteiger partial charge is 0.379 e. The number of nitrogens with zero attached hydrogens (tertiary/aromatic N) is 2. The van der Waals surface area contributed by atoms with Crippen LogP contribution < -0.4 is 0 Å². The van der Waals surface area contributed by atoms with E-state index >= 15 is 0 Å². The maximum atomic E-state index is 13.2. The predicted molar refractivity (Wildman–Crippen MR) is 118 cm³/mol. The molecule has 5 nitrogen and oxygen atoms in total. The average molecular weight is 449 g/mol. The number of rotatable bonds is 5. The number of halogens is 2. The molecule has 0 aromatic heterocycles. The van der Waals surface area contributed by atoms with Crippen LogP contribution in [-0.2, 0) is 14.3 Å². The summed E-state index contributed by atoms with van der Waals surface area (Å²) in [5.74, 6) is 0.00780. The zero-order valence-corrected chi connectivity index (χ0v) is 18.5. The fourth-order valence-electron chi connectivity index (χ4n) is 4.16. The number of likely N-dealkylation sites (N-methyl/N-ethyl adjacent to an activating group) is 1. The van der Waals surface area contributed by atoms with Crippen LogP contribution in [0, 0.1) is 0 Å². The van der Waals surface area contributed by atoms with Crippen molar-refractivity contribution >= 4 is 29.1 Å². The zero-order valence-electron chi connectivity index (χ0n) is 17.0. The van der Waals surface area contributed by atoms with Crippen LogP contribution >= 0.6 is 23.2 Å². The van der Waals surface area contributed by atoms with Gasteiger partial charge in [0.2, 0.25) is 0 Å². The molecule has 4 rings (SSSR count). The molecule has 2 aliphatic rings. The van der Waals surface area contributed by atoms with Gasteiger partial charge < -0.3 is 14.4 Å². The number of benzene rings is 2. The molecule has 0 saturated carbocycles. The first-order valence-corrected chi connectivity index (χ1v) is 11.0. The van der Waals surface area contributed by atoms with Gasteiger partial charge in [-0.1, -0.05) is 47.5 Å². The zero-order chi connectivity index (χ0) is 21.1. The highest BCUT2D eigenvalue weighted by atomic mass is 35.5. The lowest BCUT2D eigenvalue weighted by molar-refractivity contribution is -0.172. The molecule has 1 amide bonds. The Bertz CT molecular complexity index is 854. The van der Waals surface area contributed by atoms with Gasteiger partial charge in [0.1, 0.15) is 12.2 Å². The Labute approximate surface area is 187 Å². The summed E-state index contributed by atoms with van der Waals surface area (Å²) in [6.07, 6.45) is -0.122. The summed E-state index contributed by atoms with van der Waals surface area (Å²) in [4.78, 5) is 17.3. The van der Waals surface area contributed by atoms with Gasteiger partial charge in [-0.25, -0.2) is 0 Å². The number of carbonyl (C=O) groups is 1. The number of hydrogen-bond acceptors (Lipinski definition) is 4. The van der Waals surface area contributed by atoms with E-state index in [9.17, 15) is 4.79 Å². The summed E-state index contributed by atoms with van der Waals surface area (Å²) in [6.45, 7) is 4.08. The molecule has 2 aromatic rings. The average Bonchev–Trinajstić information content (AvgIpc) is 2.77. The normalized spacial score (nSPS) is 25.5. The number of carbonyl (C=O) groups excluding carboxylic acids is 1. The lowest BCUT2D eigenvalue weighted by Crippen LogP contribution is -2.50. The molecule has 0 aliphatic carbocycles. The summed E-state index contributed by atoms with van der Waals surface area (Å²) >= 11 is 12.2. The second kappa shape index (κ2) is 9.67. The second-order valence-electron chi connectivity index (χ2n) is 7.79. The molecule has 7 heteroatoms. The van der Waals surface area contributed by atoms with E-state index in [2.05, 4.69) is 4.90 Å². The highest BCUT2D eigenvalue weighted by molar-refractivity contribution is 6.30. The first-order chi connectivity index (χ1) is 14.5. The van der Waals surface area contributed by atoms with Crippen molar-refractivity contribution in [1.82, 2.24) is 9.80 Å². The molecule has 0 bridgehead atoms. The van der Waals surface area contributed by atoms with E-state index in [1.807, 2.05) is 60.5 Å². The van der Waals surface area contributed by atoms with Crippen LogP contribution in [0.3, 0.4) is 0 Å². The summed E-state index contributed by atoms with van der Waals surface area (Å²) in [5, 5.41) is 1.33. The quantitative estimate of drug-likeness (QED) is 0.681. The Morgan fingerprint density at radius 2 is 1.50 bits per heavy atom. The summed E-state index contributed by atoms with van der Waals surface area (Å²) in [6, 6.07) is 15.0. The third-order valence-corrected chi connectivity index (χ3v) is 6.36. The van der Waals surface area contributed by atoms with Crippen molar-refractivity contribution in [3.05, 3.63) is 69.7 Å². The van der Waals surface area contributed by atoms with Crippen molar-refractivity contribution in [3.8, 4) is 0 Å². The SMILES string of the molecule is CN1C(=O)C(CCN2CCOCC2)O[C@H](c2ccc(Cl)cc2)C1c1ccc(Cl)cc1. The Hall–Kier alpha value is -1.63. The van der Waals surface area contributed by atoms with Crippen LogP contribution in [0.4, 0.5) is 0 Å². The molecule has 2 heterocycles. The van der Waals surface area contributed by atoms with E-state index in [1.165, 1.54) is 0 Å². The van der Waals surface area contributed by atoms with Crippen molar-refractivity contribution in [3.63, 3.8) is 0 Å². The van der Waals surface area contributed by atoms with Crippen molar-refractivity contribution in [1.29, 1.82) is 0 Å². The molecule has 2 saturated heterocycles. The molecule has 3 atom stereocenters. The van der Waals surface area contributed by atoms with Crippen LogP contribution in [0.15, 0.2) is 48.5 Å². The van der Waals surface area contributed by atoms with Crippen molar-refractivity contribution in [2.75, 3.05) is 39.9 Å². The third-order valence-electron chi connectivity index (χ3n) is 5.86. The molecule has 0 N–H and O–H groups in total. The van der Waals surface area contributed by atoms with E-state index in [4.69, 9.17) is 32.7 Å². The minimum atomic E-state index is -0.484. The Morgan fingerprint density at radius 3 is 2.10 bits per heavy atom. The maximum Gasteiger partial charge on any atom is 0.252 e. The van der Waals surface area contributed by atoms with Gasteiger partial charge in [-0.05, 0) is 41.8 Å². The maximum absolute atomic E-state index is 13.2. The standard InChI is InChI=1S/C23H26Cl2N2O3/c1-26-21(16-2-6-18(24)7-3-16)22(17-4-8-19(25)9-5-17)30-20(23(26)28)10-11-27-12-14-29-15-13-27/h2-9,20-22H,10-15H2,1H3/t20?,21?,22-/m1/s1. The Kier molecular flexibility index (Phi) is 6.96. The highest BCUT2D eigenvalue weighted by Crippen LogP contribution is 2.42. The van der Waals surface area contributed by atoms with Crippen LogP contribution in [0.25, 0.3) is 0 Å². The van der Waals surface area contributed by atoms with Gasteiger partial charge in [-0.3, -0.25) is 9.69 Å². The smallest absolute Gasteiger partial charge is 0.252 e. The summed E-state index contributed by atoms with van der Waals surface area (Å²) < 4.78 is 11.9. The van der Waals surface area contributed by atoms with Crippen molar-refractivity contribution in [2.24, 2.45) is 0 Å². The van der Waals surface area contributed by atoms with Crippen molar-refractivity contribution < 1.29 is 14.3 Å². The second-order valence-corrected chi connectivity index (χ2v) is 8.66. The molecule has 0 spiro atoms. The minimum Gasteiger partial charge on any atom is -0.379 e. The van der Waals surface area contributed by atoms with Crippen LogP contribution in [-0.4, -0.2) is 61.7 Å². The van der Waals surface area contributed by atoms with Gasteiger partial charge in [0.15, 0.2) is 0 Å². The van der Waals surface area contributed by atoms with Gasteiger partial charge in [-0.15, -0.1) is 0 Å². The van der Waals surface area contributed by atoms with Gasteiger partial charge in [0.25, 0.3) is 5.91 Å². The molecule has 2 aromatic carbocycles. The first kappa shape index (κ1) is 21.6. The van der Waals surface area contributed by atoms with E-state index in [0.717, 1.165) is 44.0 Å². The van der Waals surface area contributed by atoms with E-state index in [0.29, 0.717) is 16.5 Å². The van der Waals surface area contributed by atoms with E-state index < -0.39 is 6.10 Å². The fraction of sp³-hybridized carbons (Fsp3) is 0.435. The topological polar surface area (TPSA) is 42.0 Å². The molecular formula is C23H26Cl2N2O3. The lowest BCUT2D eigenvalue weighted by atomic mass is 9.91. The molecule has 2 fully saturated rings. The molecule has 2 unspecified atom stereocenters. The minimum absolute atomic E-state index is 0.00780. The fourth-order valence-corrected chi connectivity index (χ4v) is 4.42. The molecule has 30 heavy (non-hydrogen) atoms. The monoisotopic (exact) mass is 448 g/mol. The Morgan fingerprint density at radius 1 is 0.933 bits per heavy atom. The highest BCUT2D eigenvalue weighted by Gasteiger charge is 2.42. The van der Waals surface area contributed by atoms with Gasteiger partial charge in [0.05, 0.1) is 19.3 Å². The third kappa shape index (κ3) is 4.82. The van der Waals surface area contributed by atoms with Gasteiger partial charge >= 0.3 is 0 Å². The number of amides is 1. The number of morpholine rings is 2. The summed E-state index contributed by atoms with van der Waals surface area (Å²) in [5.41, 5.74) is 1.98. The van der Waals surface area contributed by atoms with Crippen molar-refractivity contribution in [2.45, 2.75) is 24.7 Å². The molecular weight excluding hydrogens is 423 g/mol. The predicted octanol–water partition coefficient (Wildman–Crippen LogP) is 4.36. The van der Waals surface area contributed by atoms with Crippen LogP contribution in [0.1, 0.15) is 29.7 Å². The van der Waals surface area contributed by atoms with Gasteiger partial charge in [0, 0.05) is 36.7 Å². The van der Waals surface area contributed by atoms with E-state index in [1.54, 1.807) is 0 Å². The van der Waals surface area contributed by atoms with Crippen LogP contribution in [0.5, 0.6) is 0 Å². The Balaban J connectivity index is 1.59. The number of ether oxygens (including phenoxy) is 2. The van der Waals surface area contributed by atoms with Gasteiger partial charge in [-0.2, -0.15) is 0 Å². The summed E-state index contributed by atoms with van der Waals surface area (Å²) in [7, 11) is 1.86. The molecule has 2 aliphatic heterocycles. The lowest BCUT2D eigenvalue weighted by Gasteiger charge is -2.43.